The second-order valence-corrected chi connectivity index (χ2v) is 6.72. The molecule has 0 aromatic heterocycles. The fraction of sp³-hybridized carbons (Fsp3) is 0.500. The number of rotatable bonds is 8. The van der Waals surface area contributed by atoms with Gasteiger partial charge in [-0.2, -0.15) is 0 Å². The molecule has 1 unspecified atom stereocenters. The maximum atomic E-state index is 12.2. The van der Waals surface area contributed by atoms with Crippen molar-refractivity contribution in [2.45, 2.75) is 17.5 Å². The molecule has 1 atom stereocenters. The molecule has 1 aromatic rings. The van der Waals surface area contributed by atoms with Gasteiger partial charge in [0, 0.05) is 31.8 Å². The lowest BCUT2D eigenvalue weighted by Crippen LogP contribution is -2.35. The standard InChI is InChI=1S/C12H19BrN2O4S/c1-18-8-10(19-2)7-15-20(16,17)12-4-3-9(6-14)5-11(12)13/h3-5,10,15H,6-8,14H2,1-2H3. The van der Waals surface area contributed by atoms with Crippen molar-refractivity contribution in [2.75, 3.05) is 27.4 Å². The predicted molar refractivity (Wildman–Crippen MR) is 79.9 cm³/mol. The number of methoxy groups -OCH3 is 2. The van der Waals surface area contributed by atoms with E-state index in [9.17, 15) is 8.42 Å². The highest BCUT2D eigenvalue weighted by molar-refractivity contribution is 9.10. The van der Waals surface area contributed by atoms with E-state index in [0.29, 0.717) is 17.6 Å². The molecule has 1 rings (SSSR count). The van der Waals surface area contributed by atoms with Gasteiger partial charge in [0.1, 0.15) is 0 Å². The Morgan fingerprint density at radius 1 is 1.40 bits per heavy atom. The van der Waals surface area contributed by atoms with Crippen molar-refractivity contribution in [2.24, 2.45) is 5.73 Å². The Labute approximate surface area is 127 Å². The summed E-state index contributed by atoms with van der Waals surface area (Å²) in [5.74, 6) is 0. The molecular weight excluding hydrogens is 348 g/mol. The molecule has 0 saturated carbocycles. The summed E-state index contributed by atoms with van der Waals surface area (Å²) >= 11 is 3.25. The van der Waals surface area contributed by atoms with Gasteiger partial charge in [0.15, 0.2) is 0 Å². The monoisotopic (exact) mass is 366 g/mol. The molecule has 0 heterocycles. The smallest absolute Gasteiger partial charge is 0.241 e. The van der Waals surface area contributed by atoms with Gasteiger partial charge in [-0.1, -0.05) is 6.07 Å². The Hall–Kier alpha value is -0.510. The Morgan fingerprint density at radius 2 is 2.10 bits per heavy atom. The lowest BCUT2D eigenvalue weighted by molar-refractivity contribution is 0.0320. The molecule has 20 heavy (non-hydrogen) atoms. The summed E-state index contributed by atoms with van der Waals surface area (Å²) in [6, 6.07) is 4.90. The van der Waals surface area contributed by atoms with Crippen molar-refractivity contribution in [1.29, 1.82) is 0 Å². The highest BCUT2D eigenvalue weighted by Gasteiger charge is 2.19. The van der Waals surface area contributed by atoms with Crippen molar-refractivity contribution in [3.63, 3.8) is 0 Å². The van der Waals surface area contributed by atoms with Crippen LogP contribution in [0.5, 0.6) is 0 Å². The molecule has 0 bridgehead atoms. The van der Waals surface area contributed by atoms with Crippen LogP contribution >= 0.6 is 15.9 Å². The molecule has 1 aromatic carbocycles. The minimum absolute atomic E-state index is 0.137. The first kappa shape index (κ1) is 17.5. The number of benzene rings is 1. The van der Waals surface area contributed by atoms with Gasteiger partial charge >= 0.3 is 0 Å². The number of hydrogen-bond acceptors (Lipinski definition) is 5. The average Bonchev–Trinajstić information content (AvgIpc) is 2.42. The largest absolute Gasteiger partial charge is 0.382 e. The van der Waals surface area contributed by atoms with Crippen LogP contribution in [0.15, 0.2) is 27.6 Å². The summed E-state index contributed by atoms with van der Waals surface area (Å²) in [6.07, 6.45) is -0.336. The second-order valence-electron chi connectivity index (χ2n) is 4.13. The summed E-state index contributed by atoms with van der Waals surface area (Å²) in [7, 11) is -0.578. The van der Waals surface area contributed by atoms with Gasteiger partial charge in [-0.15, -0.1) is 0 Å². The minimum Gasteiger partial charge on any atom is -0.382 e. The first-order valence-electron chi connectivity index (χ1n) is 5.94. The van der Waals surface area contributed by atoms with E-state index in [4.69, 9.17) is 15.2 Å². The zero-order valence-corrected chi connectivity index (χ0v) is 13.8. The van der Waals surface area contributed by atoms with Gasteiger partial charge in [0.2, 0.25) is 10.0 Å². The van der Waals surface area contributed by atoms with E-state index < -0.39 is 10.0 Å². The Balaban J connectivity index is 2.83. The number of hydrogen-bond donors (Lipinski definition) is 2. The van der Waals surface area contributed by atoms with Crippen LogP contribution in [0.3, 0.4) is 0 Å². The lowest BCUT2D eigenvalue weighted by atomic mass is 10.2. The molecule has 114 valence electrons. The predicted octanol–water partition coefficient (Wildman–Crippen LogP) is 0.848. The van der Waals surface area contributed by atoms with Crippen molar-refractivity contribution in [3.8, 4) is 0 Å². The van der Waals surface area contributed by atoms with Gasteiger partial charge in [-0.25, -0.2) is 13.1 Å². The number of ether oxygens (including phenoxy) is 2. The SMILES string of the molecule is COCC(CNS(=O)(=O)c1ccc(CN)cc1Br)OC. The fourth-order valence-corrected chi connectivity index (χ4v) is 3.76. The molecule has 0 aliphatic carbocycles. The van der Waals surface area contributed by atoms with Gasteiger partial charge in [-0.3, -0.25) is 0 Å². The van der Waals surface area contributed by atoms with Crippen LogP contribution in [-0.4, -0.2) is 41.9 Å². The minimum atomic E-state index is -3.61. The summed E-state index contributed by atoms with van der Waals surface area (Å²) in [6.45, 7) is 0.802. The third kappa shape index (κ3) is 4.80. The summed E-state index contributed by atoms with van der Waals surface area (Å²) in [5.41, 5.74) is 6.36. The van der Waals surface area contributed by atoms with Crippen LogP contribution in [0.1, 0.15) is 5.56 Å². The van der Waals surface area contributed by atoms with Crippen LogP contribution in [0, 0.1) is 0 Å². The van der Waals surface area contributed by atoms with E-state index in [1.165, 1.54) is 20.3 Å². The van der Waals surface area contributed by atoms with Crippen LogP contribution in [0.25, 0.3) is 0 Å². The van der Waals surface area contributed by atoms with Gasteiger partial charge in [-0.05, 0) is 33.6 Å². The Kier molecular flexibility index (Phi) is 7.07. The van der Waals surface area contributed by atoms with Crippen molar-refractivity contribution >= 4 is 26.0 Å². The fourth-order valence-electron chi connectivity index (χ4n) is 1.57. The molecule has 8 heteroatoms. The highest BCUT2D eigenvalue weighted by Crippen LogP contribution is 2.23. The molecule has 3 N–H and O–H groups in total. The third-order valence-corrected chi connectivity index (χ3v) is 5.11. The van der Waals surface area contributed by atoms with Gasteiger partial charge < -0.3 is 15.2 Å². The summed E-state index contributed by atoms with van der Waals surface area (Å²) < 4.78 is 37.4. The number of nitrogens with one attached hydrogen (secondary N) is 1. The normalized spacial score (nSPS) is 13.4. The highest BCUT2D eigenvalue weighted by atomic mass is 79.9. The first-order chi connectivity index (χ1) is 9.44. The van der Waals surface area contributed by atoms with Crippen LogP contribution in [0.2, 0.25) is 0 Å². The quantitative estimate of drug-likeness (QED) is 0.711. The first-order valence-corrected chi connectivity index (χ1v) is 8.22. The maximum Gasteiger partial charge on any atom is 0.241 e. The lowest BCUT2D eigenvalue weighted by Gasteiger charge is -2.16. The molecule has 0 radical (unpaired) electrons. The summed E-state index contributed by atoms with van der Waals surface area (Å²) in [4.78, 5) is 0.168. The molecule has 6 nitrogen and oxygen atoms in total. The van der Waals surface area contributed by atoms with Crippen LogP contribution in [0.4, 0.5) is 0 Å². The van der Waals surface area contributed by atoms with Gasteiger partial charge in [0.25, 0.3) is 0 Å². The molecule has 0 aliphatic heterocycles. The molecule has 0 aliphatic rings. The Bertz CT molecular complexity index is 536. The Morgan fingerprint density at radius 3 is 2.60 bits per heavy atom. The zero-order chi connectivity index (χ0) is 15.2. The van der Waals surface area contributed by atoms with E-state index >= 15 is 0 Å². The zero-order valence-electron chi connectivity index (χ0n) is 11.4. The molecule has 0 saturated heterocycles. The van der Waals surface area contributed by atoms with Crippen molar-refractivity contribution in [3.05, 3.63) is 28.2 Å². The number of nitrogens with two attached hydrogens (primary N) is 1. The summed E-state index contributed by atoms with van der Waals surface area (Å²) in [5, 5.41) is 0. The van der Waals surface area contributed by atoms with Crippen LogP contribution < -0.4 is 10.5 Å². The number of sulfonamides is 1. The molecule has 0 amide bonds. The molecular formula is C12H19BrN2O4S. The second kappa shape index (κ2) is 8.06. The van der Waals surface area contributed by atoms with Crippen LogP contribution in [-0.2, 0) is 26.0 Å². The third-order valence-electron chi connectivity index (χ3n) is 2.71. The van der Waals surface area contributed by atoms with Crippen molar-refractivity contribution < 1.29 is 17.9 Å². The van der Waals surface area contributed by atoms with E-state index in [0.717, 1.165) is 5.56 Å². The average molecular weight is 367 g/mol. The van der Waals surface area contributed by atoms with E-state index in [1.54, 1.807) is 12.1 Å². The molecule has 0 spiro atoms. The number of halogens is 1. The van der Waals surface area contributed by atoms with Crippen molar-refractivity contribution in [1.82, 2.24) is 4.72 Å². The molecule has 0 fully saturated rings. The maximum absolute atomic E-state index is 12.2. The van der Waals surface area contributed by atoms with Gasteiger partial charge in [0.05, 0.1) is 17.6 Å². The topological polar surface area (TPSA) is 90.7 Å². The van der Waals surface area contributed by atoms with E-state index in [-0.39, 0.29) is 17.5 Å². The van der Waals surface area contributed by atoms with E-state index in [1.807, 2.05) is 0 Å². The van der Waals surface area contributed by atoms with E-state index in [2.05, 4.69) is 20.7 Å².